The Bertz CT molecular complexity index is 889. The molecular formula is C23H28ClN3O2. The molecule has 3 rings (SSSR count). The van der Waals surface area contributed by atoms with Crippen LogP contribution in [0.3, 0.4) is 0 Å². The van der Waals surface area contributed by atoms with Crippen molar-refractivity contribution in [3.05, 3.63) is 64.2 Å². The summed E-state index contributed by atoms with van der Waals surface area (Å²) in [5.41, 5.74) is 3.40. The molecule has 2 aromatic rings. The molecule has 2 aromatic carbocycles. The van der Waals surface area contributed by atoms with Gasteiger partial charge >= 0.3 is 6.03 Å². The number of likely N-dealkylation sites (tertiary alicyclic amines) is 1. The molecule has 0 bridgehead atoms. The van der Waals surface area contributed by atoms with Crippen LogP contribution in [0.15, 0.2) is 42.5 Å². The Morgan fingerprint density at radius 1 is 1.10 bits per heavy atom. The van der Waals surface area contributed by atoms with Gasteiger partial charge in [-0.15, -0.1) is 0 Å². The zero-order chi connectivity index (χ0) is 21.0. The fourth-order valence-electron chi connectivity index (χ4n) is 3.67. The normalized spacial score (nSPS) is 14.7. The highest BCUT2D eigenvalue weighted by Gasteiger charge is 2.25. The summed E-state index contributed by atoms with van der Waals surface area (Å²) < 4.78 is 0. The zero-order valence-corrected chi connectivity index (χ0v) is 17.9. The summed E-state index contributed by atoms with van der Waals surface area (Å²) in [5, 5.41) is 6.39. The highest BCUT2D eigenvalue weighted by Crippen LogP contribution is 2.30. The minimum atomic E-state index is -0.268. The minimum absolute atomic E-state index is 0.00172. The van der Waals surface area contributed by atoms with Crippen molar-refractivity contribution in [3.63, 3.8) is 0 Å². The summed E-state index contributed by atoms with van der Waals surface area (Å²) in [6.45, 7) is 7.13. The molecule has 5 nitrogen and oxygen atoms in total. The minimum Gasteiger partial charge on any atom is -0.339 e. The number of hydrogen-bond donors (Lipinski definition) is 2. The predicted octanol–water partition coefficient (Wildman–Crippen LogP) is 5.20. The Balaban J connectivity index is 1.65. The van der Waals surface area contributed by atoms with E-state index in [-0.39, 0.29) is 18.0 Å². The van der Waals surface area contributed by atoms with Crippen LogP contribution in [0.25, 0.3) is 0 Å². The van der Waals surface area contributed by atoms with E-state index in [1.165, 1.54) is 5.56 Å². The van der Waals surface area contributed by atoms with Crippen LogP contribution in [0.4, 0.5) is 10.5 Å². The van der Waals surface area contributed by atoms with Gasteiger partial charge in [-0.05, 0) is 74.9 Å². The Morgan fingerprint density at radius 3 is 2.48 bits per heavy atom. The average molecular weight is 414 g/mol. The van der Waals surface area contributed by atoms with Crippen molar-refractivity contribution in [1.82, 2.24) is 10.2 Å². The molecule has 0 aliphatic carbocycles. The van der Waals surface area contributed by atoms with E-state index in [1.807, 2.05) is 56.0 Å². The number of nitrogens with one attached hydrogen (secondary N) is 2. The van der Waals surface area contributed by atoms with Crippen LogP contribution in [0, 0.1) is 6.92 Å². The number of piperidine rings is 1. The van der Waals surface area contributed by atoms with Gasteiger partial charge in [0, 0.05) is 35.4 Å². The first-order chi connectivity index (χ1) is 13.8. The third-order valence-electron chi connectivity index (χ3n) is 5.25. The molecular weight excluding hydrogens is 386 g/mol. The molecule has 0 atom stereocenters. The van der Waals surface area contributed by atoms with Crippen LogP contribution < -0.4 is 10.6 Å². The van der Waals surface area contributed by atoms with E-state index in [0.717, 1.165) is 23.4 Å². The van der Waals surface area contributed by atoms with Gasteiger partial charge in [0.05, 0.1) is 0 Å². The maximum atomic E-state index is 13.0. The second-order valence-electron chi connectivity index (χ2n) is 7.90. The predicted molar refractivity (Wildman–Crippen MR) is 118 cm³/mol. The van der Waals surface area contributed by atoms with E-state index in [1.54, 1.807) is 6.07 Å². The van der Waals surface area contributed by atoms with Crippen molar-refractivity contribution in [2.75, 3.05) is 18.4 Å². The zero-order valence-electron chi connectivity index (χ0n) is 17.2. The lowest BCUT2D eigenvalue weighted by atomic mass is 9.89. The molecule has 6 heteroatoms. The van der Waals surface area contributed by atoms with E-state index >= 15 is 0 Å². The number of carbonyl (C=O) groups is 2. The molecule has 29 heavy (non-hydrogen) atoms. The highest BCUT2D eigenvalue weighted by molar-refractivity contribution is 6.30. The number of benzene rings is 2. The monoisotopic (exact) mass is 413 g/mol. The van der Waals surface area contributed by atoms with Gasteiger partial charge < -0.3 is 15.5 Å². The van der Waals surface area contributed by atoms with Crippen LogP contribution >= 0.6 is 11.6 Å². The standard InChI is InChI=1S/C23H28ClN3O2/c1-15(2)25-23(29)26-21-14-19(8-7-16(21)3)22(28)27-11-9-17(10-12-27)18-5-4-6-20(24)13-18/h4-8,13-15,17H,9-12H2,1-3H3,(H2,25,26,29). The lowest BCUT2D eigenvalue weighted by Gasteiger charge is -2.32. The molecule has 0 spiro atoms. The third kappa shape index (κ3) is 5.51. The van der Waals surface area contributed by atoms with Crippen molar-refractivity contribution in [1.29, 1.82) is 0 Å². The molecule has 0 radical (unpaired) electrons. The highest BCUT2D eigenvalue weighted by atomic mass is 35.5. The Kier molecular flexibility index (Phi) is 6.80. The SMILES string of the molecule is Cc1ccc(C(=O)N2CCC(c3cccc(Cl)c3)CC2)cc1NC(=O)NC(C)C. The molecule has 0 unspecified atom stereocenters. The van der Waals surface area contributed by atoms with E-state index < -0.39 is 0 Å². The summed E-state index contributed by atoms with van der Waals surface area (Å²) in [6, 6.07) is 13.2. The van der Waals surface area contributed by atoms with Gasteiger partial charge in [0.15, 0.2) is 0 Å². The molecule has 1 fully saturated rings. The summed E-state index contributed by atoms with van der Waals surface area (Å²) in [4.78, 5) is 26.9. The fourth-order valence-corrected chi connectivity index (χ4v) is 3.87. The van der Waals surface area contributed by atoms with Crippen molar-refractivity contribution in [2.45, 2.75) is 45.6 Å². The summed E-state index contributed by atoms with van der Waals surface area (Å²) >= 11 is 6.12. The number of rotatable bonds is 4. The summed E-state index contributed by atoms with van der Waals surface area (Å²) in [7, 11) is 0. The maximum Gasteiger partial charge on any atom is 0.319 e. The molecule has 0 saturated carbocycles. The Labute approximate surface area is 177 Å². The molecule has 1 aliphatic heterocycles. The molecule has 154 valence electrons. The van der Waals surface area contributed by atoms with Crippen molar-refractivity contribution in [2.24, 2.45) is 0 Å². The number of amides is 3. The average Bonchev–Trinajstić information content (AvgIpc) is 2.68. The summed E-state index contributed by atoms with van der Waals surface area (Å²) in [6.07, 6.45) is 1.83. The largest absolute Gasteiger partial charge is 0.339 e. The van der Waals surface area contributed by atoms with Crippen LogP contribution in [0.2, 0.25) is 5.02 Å². The van der Waals surface area contributed by atoms with Gasteiger partial charge in [0.1, 0.15) is 0 Å². The Morgan fingerprint density at radius 2 is 1.83 bits per heavy atom. The van der Waals surface area contributed by atoms with Crippen LogP contribution in [-0.2, 0) is 0 Å². The number of nitrogens with zero attached hydrogens (tertiary/aromatic N) is 1. The quantitative estimate of drug-likeness (QED) is 0.723. The van der Waals surface area contributed by atoms with Crippen LogP contribution in [0.1, 0.15) is 54.1 Å². The first kappa shape index (κ1) is 21.2. The van der Waals surface area contributed by atoms with E-state index in [9.17, 15) is 9.59 Å². The van der Waals surface area contributed by atoms with Crippen molar-refractivity contribution in [3.8, 4) is 0 Å². The van der Waals surface area contributed by atoms with Gasteiger partial charge in [0.2, 0.25) is 0 Å². The van der Waals surface area contributed by atoms with E-state index in [0.29, 0.717) is 30.3 Å². The molecule has 1 aliphatic rings. The third-order valence-corrected chi connectivity index (χ3v) is 5.49. The van der Waals surface area contributed by atoms with Gasteiger partial charge in [0.25, 0.3) is 5.91 Å². The number of hydrogen-bond acceptors (Lipinski definition) is 2. The molecule has 3 amide bonds. The molecule has 1 heterocycles. The van der Waals surface area contributed by atoms with Crippen molar-refractivity contribution < 1.29 is 9.59 Å². The lowest BCUT2D eigenvalue weighted by molar-refractivity contribution is 0.0713. The second-order valence-corrected chi connectivity index (χ2v) is 8.34. The Hall–Kier alpha value is -2.53. The molecule has 0 aromatic heterocycles. The van der Waals surface area contributed by atoms with Gasteiger partial charge in [-0.25, -0.2) is 4.79 Å². The topological polar surface area (TPSA) is 61.4 Å². The first-order valence-corrected chi connectivity index (χ1v) is 10.4. The molecule has 2 N–H and O–H groups in total. The second kappa shape index (κ2) is 9.31. The van der Waals surface area contributed by atoms with E-state index in [4.69, 9.17) is 11.6 Å². The number of carbonyl (C=O) groups excluding carboxylic acids is 2. The van der Waals surface area contributed by atoms with Gasteiger partial charge in [-0.2, -0.15) is 0 Å². The van der Waals surface area contributed by atoms with Crippen molar-refractivity contribution >= 4 is 29.2 Å². The molecule has 1 saturated heterocycles. The number of anilines is 1. The van der Waals surface area contributed by atoms with E-state index in [2.05, 4.69) is 16.7 Å². The fraction of sp³-hybridized carbons (Fsp3) is 0.391. The number of halogens is 1. The van der Waals surface area contributed by atoms with Gasteiger partial charge in [-0.3, -0.25) is 4.79 Å². The smallest absolute Gasteiger partial charge is 0.319 e. The van der Waals surface area contributed by atoms with Gasteiger partial charge in [-0.1, -0.05) is 29.8 Å². The number of aryl methyl sites for hydroxylation is 1. The lowest BCUT2D eigenvalue weighted by Crippen LogP contribution is -2.38. The summed E-state index contributed by atoms with van der Waals surface area (Å²) in [5.74, 6) is 0.426. The van der Waals surface area contributed by atoms with Crippen LogP contribution in [0.5, 0.6) is 0 Å². The first-order valence-electron chi connectivity index (χ1n) is 10.1. The number of urea groups is 1. The van der Waals surface area contributed by atoms with Crippen LogP contribution in [-0.4, -0.2) is 36.0 Å². The maximum absolute atomic E-state index is 13.0.